The lowest BCUT2D eigenvalue weighted by atomic mass is 10.2. The summed E-state index contributed by atoms with van der Waals surface area (Å²) in [6.07, 6.45) is 2.53. The number of para-hydroxylation sites is 1. The standard InChI is InChI=1S/C15H16N2O2/c1-2-11-17(12-7-4-3-5-8-12)14-13(15(18)19)9-6-10-16-14/h3-10H,2,11H2,1H3,(H,18,19). The molecule has 0 bridgehead atoms. The van der Waals surface area contributed by atoms with Crippen LogP contribution in [0.4, 0.5) is 11.5 Å². The zero-order valence-electron chi connectivity index (χ0n) is 10.8. The first-order valence-corrected chi connectivity index (χ1v) is 6.25. The van der Waals surface area contributed by atoms with Crippen LogP contribution in [0.2, 0.25) is 0 Å². The number of carbonyl (C=O) groups is 1. The molecular weight excluding hydrogens is 240 g/mol. The predicted octanol–water partition coefficient (Wildman–Crippen LogP) is 3.33. The van der Waals surface area contributed by atoms with Gasteiger partial charge in [0.25, 0.3) is 0 Å². The molecule has 0 radical (unpaired) electrons. The number of hydrogen-bond donors (Lipinski definition) is 1. The van der Waals surface area contributed by atoms with Crippen molar-refractivity contribution in [1.29, 1.82) is 0 Å². The van der Waals surface area contributed by atoms with E-state index in [9.17, 15) is 9.90 Å². The van der Waals surface area contributed by atoms with E-state index in [0.29, 0.717) is 5.82 Å². The van der Waals surface area contributed by atoms with Crippen LogP contribution in [0.3, 0.4) is 0 Å². The van der Waals surface area contributed by atoms with Gasteiger partial charge in [0, 0.05) is 18.4 Å². The van der Waals surface area contributed by atoms with E-state index >= 15 is 0 Å². The maximum Gasteiger partial charge on any atom is 0.339 e. The van der Waals surface area contributed by atoms with Crippen LogP contribution in [0.15, 0.2) is 48.7 Å². The Morgan fingerprint density at radius 1 is 1.21 bits per heavy atom. The number of aromatic carboxylic acids is 1. The minimum atomic E-state index is -0.958. The smallest absolute Gasteiger partial charge is 0.339 e. The van der Waals surface area contributed by atoms with Crippen molar-refractivity contribution in [1.82, 2.24) is 4.98 Å². The number of benzene rings is 1. The highest BCUT2D eigenvalue weighted by atomic mass is 16.4. The molecule has 0 atom stereocenters. The quantitative estimate of drug-likeness (QED) is 0.891. The number of aromatic nitrogens is 1. The fraction of sp³-hybridized carbons (Fsp3) is 0.200. The Morgan fingerprint density at radius 3 is 2.58 bits per heavy atom. The third-order valence-corrected chi connectivity index (χ3v) is 2.79. The van der Waals surface area contributed by atoms with Crippen molar-refractivity contribution in [2.24, 2.45) is 0 Å². The Morgan fingerprint density at radius 2 is 1.95 bits per heavy atom. The normalized spacial score (nSPS) is 10.2. The SMILES string of the molecule is CCCN(c1ccccc1)c1ncccc1C(=O)O. The van der Waals surface area contributed by atoms with Gasteiger partial charge in [-0.25, -0.2) is 9.78 Å². The lowest BCUT2D eigenvalue weighted by Gasteiger charge is -2.24. The fourth-order valence-corrected chi connectivity index (χ4v) is 1.97. The Bertz CT molecular complexity index is 555. The first-order chi connectivity index (χ1) is 9.24. The molecule has 0 aliphatic carbocycles. The molecule has 1 heterocycles. The molecule has 4 heteroatoms. The van der Waals surface area contributed by atoms with E-state index in [-0.39, 0.29) is 5.56 Å². The van der Waals surface area contributed by atoms with Crippen LogP contribution >= 0.6 is 0 Å². The average Bonchev–Trinajstić information content (AvgIpc) is 2.45. The number of rotatable bonds is 5. The molecule has 19 heavy (non-hydrogen) atoms. The van der Waals surface area contributed by atoms with E-state index in [1.54, 1.807) is 18.3 Å². The summed E-state index contributed by atoms with van der Waals surface area (Å²) in [7, 11) is 0. The largest absolute Gasteiger partial charge is 0.478 e. The Balaban J connectivity index is 2.48. The highest BCUT2D eigenvalue weighted by Gasteiger charge is 2.17. The molecule has 0 saturated carbocycles. The van der Waals surface area contributed by atoms with Crippen molar-refractivity contribution >= 4 is 17.5 Å². The van der Waals surface area contributed by atoms with E-state index in [1.165, 1.54) is 0 Å². The van der Waals surface area contributed by atoms with Crippen molar-refractivity contribution in [3.63, 3.8) is 0 Å². The van der Waals surface area contributed by atoms with Crippen molar-refractivity contribution < 1.29 is 9.90 Å². The number of anilines is 2. The zero-order valence-corrected chi connectivity index (χ0v) is 10.8. The average molecular weight is 256 g/mol. The molecule has 0 aliphatic rings. The number of nitrogens with zero attached hydrogens (tertiary/aromatic N) is 2. The molecule has 0 unspecified atom stereocenters. The van der Waals surface area contributed by atoms with E-state index in [4.69, 9.17) is 0 Å². The van der Waals surface area contributed by atoms with Gasteiger partial charge in [0.2, 0.25) is 0 Å². The van der Waals surface area contributed by atoms with Gasteiger partial charge >= 0.3 is 5.97 Å². The summed E-state index contributed by atoms with van der Waals surface area (Å²) in [6, 6.07) is 12.9. The van der Waals surface area contributed by atoms with Crippen molar-refractivity contribution in [3.8, 4) is 0 Å². The van der Waals surface area contributed by atoms with Gasteiger partial charge in [-0.3, -0.25) is 0 Å². The molecule has 0 amide bonds. The van der Waals surface area contributed by atoms with Crippen LogP contribution in [0.1, 0.15) is 23.7 Å². The number of carboxylic acid groups (broad SMARTS) is 1. The summed E-state index contributed by atoms with van der Waals surface area (Å²) in [5.41, 5.74) is 1.17. The van der Waals surface area contributed by atoms with Crippen molar-refractivity contribution in [3.05, 3.63) is 54.2 Å². The number of carboxylic acids is 1. The number of pyridine rings is 1. The van der Waals surface area contributed by atoms with Crippen LogP contribution in [0, 0.1) is 0 Å². The van der Waals surface area contributed by atoms with Crippen LogP contribution in [0.25, 0.3) is 0 Å². The third-order valence-electron chi connectivity index (χ3n) is 2.79. The van der Waals surface area contributed by atoms with Crippen LogP contribution in [0.5, 0.6) is 0 Å². The van der Waals surface area contributed by atoms with Gasteiger partial charge in [-0.15, -0.1) is 0 Å². The zero-order chi connectivity index (χ0) is 13.7. The van der Waals surface area contributed by atoms with Gasteiger partial charge < -0.3 is 10.0 Å². The predicted molar refractivity (Wildman–Crippen MR) is 74.9 cm³/mol. The van der Waals surface area contributed by atoms with Gasteiger partial charge in [0.05, 0.1) is 0 Å². The Kier molecular flexibility index (Phi) is 4.13. The maximum atomic E-state index is 11.3. The minimum absolute atomic E-state index is 0.222. The van der Waals surface area contributed by atoms with Crippen LogP contribution in [-0.2, 0) is 0 Å². The summed E-state index contributed by atoms with van der Waals surface area (Å²) in [5, 5.41) is 9.26. The topological polar surface area (TPSA) is 53.4 Å². The van der Waals surface area contributed by atoms with E-state index in [0.717, 1.165) is 18.7 Å². The minimum Gasteiger partial charge on any atom is -0.478 e. The molecule has 1 N–H and O–H groups in total. The monoisotopic (exact) mass is 256 g/mol. The van der Waals surface area contributed by atoms with Gasteiger partial charge in [0.1, 0.15) is 11.4 Å². The van der Waals surface area contributed by atoms with Crippen LogP contribution in [-0.4, -0.2) is 22.6 Å². The second-order valence-corrected chi connectivity index (χ2v) is 4.17. The molecular formula is C15H16N2O2. The van der Waals surface area contributed by atoms with E-state index in [1.807, 2.05) is 35.2 Å². The Hall–Kier alpha value is -2.36. The highest BCUT2D eigenvalue weighted by molar-refractivity contribution is 5.94. The molecule has 2 aromatic rings. The molecule has 4 nitrogen and oxygen atoms in total. The fourth-order valence-electron chi connectivity index (χ4n) is 1.97. The summed E-state index contributed by atoms with van der Waals surface area (Å²) in [4.78, 5) is 17.5. The number of hydrogen-bond acceptors (Lipinski definition) is 3. The second kappa shape index (κ2) is 6.00. The first kappa shape index (κ1) is 13.1. The maximum absolute atomic E-state index is 11.3. The molecule has 1 aromatic heterocycles. The van der Waals surface area contributed by atoms with Gasteiger partial charge in [-0.05, 0) is 30.7 Å². The molecule has 98 valence electrons. The summed E-state index contributed by atoms with van der Waals surface area (Å²) in [5.74, 6) is -0.469. The Labute approximate surface area is 112 Å². The van der Waals surface area contributed by atoms with Gasteiger partial charge in [-0.2, -0.15) is 0 Å². The molecule has 1 aromatic carbocycles. The third kappa shape index (κ3) is 2.91. The van der Waals surface area contributed by atoms with Crippen molar-refractivity contribution in [2.45, 2.75) is 13.3 Å². The summed E-state index contributed by atoms with van der Waals surface area (Å²) in [6.45, 7) is 2.78. The lowest BCUT2D eigenvalue weighted by Crippen LogP contribution is -2.21. The molecule has 2 rings (SSSR count). The lowest BCUT2D eigenvalue weighted by molar-refractivity contribution is 0.0697. The van der Waals surface area contributed by atoms with E-state index in [2.05, 4.69) is 11.9 Å². The van der Waals surface area contributed by atoms with E-state index < -0.39 is 5.97 Å². The van der Waals surface area contributed by atoms with Crippen molar-refractivity contribution in [2.75, 3.05) is 11.4 Å². The van der Waals surface area contributed by atoms with Crippen LogP contribution < -0.4 is 4.90 Å². The molecule has 0 saturated heterocycles. The highest BCUT2D eigenvalue weighted by Crippen LogP contribution is 2.26. The molecule has 0 fully saturated rings. The van der Waals surface area contributed by atoms with Gasteiger partial charge in [0.15, 0.2) is 0 Å². The summed E-state index contributed by atoms with van der Waals surface area (Å²) < 4.78 is 0. The molecule has 0 aliphatic heterocycles. The van der Waals surface area contributed by atoms with Gasteiger partial charge in [-0.1, -0.05) is 25.1 Å². The second-order valence-electron chi connectivity index (χ2n) is 4.17. The first-order valence-electron chi connectivity index (χ1n) is 6.25. The molecule has 0 spiro atoms. The summed E-state index contributed by atoms with van der Waals surface area (Å²) >= 11 is 0.